The topological polar surface area (TPSA) is 438 Å². The number of imidazole rings is 1. The molecule has 440 valence electrons. The summed E-state index contributed by atoms with van der Waals surface area (Å²) in [5, 5.41) is 113. The lowest BCUT2D eigenvalue weighted by Gasteiger charge is -2.26. The Kier molecular flexibility index (Phi) is 26.8. The summed E-state index contributed by atoms with van der Waals surface area (Å²) in [7, 11) is 4.30. The summed E-state index contributed by atoms with van der Waals surface area (Å²) in [6.07, 6.45) is -14.0. The number of carbonyl (C=O) groups excluding carboxylic acids is 7. The van der Waals surface area contributed by atoms with E-state index in [1.54, 1.807) is 30.1 Å². The summed E-state index contributed by atoms with van der Waals surface area (Å²) >= 11 is 0. The Morgan fingerprint density at radius 1 is 0.759 bits per heavy atom. The average molecular weight is 1120 g/mol. The van der Waals surface area contributed by atoms with Crippen molar-refractivity contribution in [3.63, 3.8) is 0 Å². The molecule has 17 N–H and O–H groups in total. The smallest absolute Gasteiger partial charge is 0.308 e. The van der Waals surface area contributed by atoms with Gasteiger partial charge in [0.25, 0.3) is 5.91 Å². The fourth-order valence-corrected chi connectivity index (χ4v) is 8.52. The molecule has 28 heteroatoms. The minimum atomic E-state index is -1.95. The number of esters is 1. The van der Waals surface area contributed by atoms with Gasteiger partial charge in [0.1, 0.15) is 54.5 Å². The number of H-pyrrole nitrogens is 1. The van der Waals surface area contributed by atoms with Crippen LogP contribution in [0.5, 0.6) is 0 Å². The van der Waals surface area contributed by atoms with Crippen molar-refractivity contribution in [2.45, 2.75) is 138 Å². The number of unbranched alkanes of at least 4 members (excludes halogenated alkanes) is 3. The maximum Gasteiger partial charge on any atom is 0.308 e. The zero-order valence-electron chi connectivity index (χ0n) is 44.5. The van der Waals surface area contributed by atoms with E-state index >= 15 is 0 Å². The lowest BCUT2D eigenvalue weighted by atomic mass is 10.0. The quantitative estimate of drug-likeness (QED) is 0.0197. The number of ether oxygens (including phenoxy) is 1. The second-order valence-electron chi connectivity index (χ2n) is 19.4. The van der Waals surface area contributed by atoms with Crippen LogP contribution in [-0.2, 0) is 46.6 Å². The Balaban J connectivity index is 1.34. The monoisotopic (exact) mass is 1120 g/mol. The molecule has 0 unspecified atom stereocenters. The van der Waals surface area contributed by atoms with Gasteiger partial charge in [-0.15, -0.1) is 0 Å². The fourth-order valence-electron chi connectivity index (χ4n) is 8.52. The molecule has 2 heterocycles. The lowest BCUT2D eigenvalue weighted by Crippen LogP contribution is -2.53. The first-order valence-corrected chi connectivity index (χ1v) is 26.0. The first-order chi connectivity index (χ1) is 37.6. The molecular weight excluding hydrogens is 1040 g/mol. The van der Waals surface area contributed by atoms with E-state index in [0.29, 0.717) is 48.3 Å². The SMILES string of the molecule is CN[C@@H](CCC(=O)NC[C@H](O)[C@@H](O)[C@H](O)[C@H](O)CO)C(=O)N[C@@H](CCC(=O)NC[C@@H](O)[C@H](O)[C@@H](O)[C@@H](O)CO)C(=O)NCCCCCCN1Cc2cc(C(=O)N(C)Cc3nc4ccccc4[nH]3)ccc2N[C@@H](CC(=O)OC)C1=O. The van der Waals surface area contributed by atoms with Gasteiger partial charge in [-0.1, -0.05) is 25.0 Å². The van der Waals surface area contributed by atoms with Gasteiger partial charge in [-0.25, -0.2) is 4.98 Å². The van der Waals surface area contributed by atoms with E-state index in [4.69, 9.17) is 14.9 Å². The number of aromatic nitrogens is 2. The molecule has 0 bridgehead atoms. The van der Waals surface area contributed by atoms with Crippen molar-refractivity contribution in [3.8, 4) is 0 Å². The molecule has 6 amide bonds. The number of aliphatic hydroxyl groups excluding tert-OH is 10. The number of para-hydroxylation sites is 2. The van der Waals surface area contributed by atoms with E-state index in [2.05, 4.69) is 41.9 Å². The highest BCUT2D eigenvalue weighted by Gasteiger charge is 2.34. The first-order valence-electron chi connectivity index (χ1n) is 26.0. The van der Waals surface area contributed by atoms with Gasteiger partial charge in [0.15, 0.2) is 0 Å². The predicted octanol–water partition coefficient (Wildman–Crippen LogP) is -5.07. The largest absolute Gasteiger partial charge is 0.469 e. The van der Waals surface area contributed by atoms with Gasteiger partial charge in [0.05, 0.1) is 62.6 Å². The maximum atomic E-state index is 13.9. The highest BCUT2D eigenvalue weighted by Crippen LogP contribution is 2.27. The second kappa shape index (κ2) is 32.6. The molecule has 1 aromatic heterocycles. The molecule has 0 saturated heterocycles. The Morgan fingerprint density at radius 3 is 1.92 bits per heavy atom. The van der Waals surface area contributed by atoms with Gasteiger partial charge >= 0.3 is 5.97 Å². The summed E-state index contributed by atoms with van der Waals surface area (Å²) < 4.78 is 4.87. The van der Waals surface area contributed by atoms with Gasteiger partial charge in [-0.2, -0.15) is 0 Å². The van der Waals surface area contributed by atoms with Crippen LogP contribution in [-0.4, -0.2) is 240 Å². The fraction of sp³-hybridized carbons (Fsp3) is 0.608. The van der Waals surface area contributed by atoms with E-state index in [-0.39, 0.29) is 63.7 Å². The highest BCUT2D eigenvalue weighted by molar-refractivity contribution is 5.96. The molecule has 1 aliphatic rings. The number of likely N-dealkylation sites (N-methyl/N-ethyl adjacent to an activating group) is 1. The van der Waals surface area contributed by atoms with Crippen LogP contribution in [0.4, 0.5) is 5.69 Å². The summed E-state index contributed by atoms with van der Waals surface area (Å²) in [6, 6.07) is 9.24. The van der Waals surface area contributed by atoms with E-state index in [1.165, 1.54) is 19.1 Å². The molecule has 0 fully saturated rings. The van der Waals surface area contributed by atoms with Crippen molar-refractivity contribution >= 4 is 58.1 Å². The molecule has 0 radical (unpaired) electrons. The number of nitrogens with one attached hydrogen (secondary N) is 7. The molecule has 11 atom stereocenters. The third kappa shape index (κ3) is 20.0. The third-order valence-corrected chi connectivity index (χ3v) is 13.4. The summed E-state index contributed by atoms with van der Waals surface area (Å²) in [6.45, 7) is -2.21. The van der Waals surface area contributed by atoms with Crippen molar-refractivity contribution in [3.05, 3.63) is 59.4 Å². The number of anilines is 1. The van der Waals surface area contributed by atoms with Crippen LogP contribution < -0.4 is 31.9 Å². The van der Waals surface area contributed by atoms with Crippen molar-refractivity contribution < 1.29 is 89.4 Å². The van der Waals surface area contributed by atoms with Gasteiger partial charge in [-0.3, -0.25) is 33.6 Å². The van der Waals surface area contributed by atoms with Crippen LogP contribution in [0.25, 0.3) is 11.0 Å². The van der Waals surface area contributed by atoms with Crippen molar-refractivity contribution in [2.75, 3.05) is 65.9 Å². The molecule has 0 spiro atoms. The minimum Gasteiger partial charge on any atom is -0.469 e. The molecule has 0 aliphatic carbocycles. The second-order valence-corrected chi connectivity index (χ2v) is 19.4. The van der Waals surface area contributed by atoms with Crippen molar-refractivity contribution in [1.29, 1.82) is 0 Å². The van der Waals surface area contributed by atoms with Crippen molar-refractivity contribution in [1.82, 2.24) is 46.4 Å². The lowest BCUT2D eigenvalue weighted by molar-refractivity contribution is -0.144. The molecule has 28 nitrogen and oxygen atoms in total. The maximum absolute atomic E-state index is 13.9. The first kappa shape index (κ1) is 65.1. The number of carbonyl (C=O) groups is 7. The van der Waals surface area contributed by atoms with E-state index in [0.717, 1.165) is 11.0 Å². The van der Waals surface area contributed by atoms with Crippen LogP contribution in [0.1, 0.15) is 79.5 Å². The Hall–Kier alpha value is -6.44. The number of hydrogen-bond acceptors (Lipinski definition) is 21. The Bertz CT molecular complexity index is 2430. The van der Waals surface area contributed by atoms with Gasteiger partial charge in [0, 0.05) is 63.9 Å². The molecule has 79 heavy (non-hydrogen) atoms. The number of methoxy groups -OCH3 is 1. The van der Waals surface area contributed by atoms with Crippen molar-refractivity contribution in [2.24, 2.45) is 0 Å². The number of fused-ring (bicyclic) bond motifs is 2. The van der Waals surface area contributed by atoms with Crippen LogP contribution in [0, 0.1) is 0 Å². The number of benzene rings is 2. The van der Waals surface area contributed by atoms with Crippen LogP contribution >= 0.6 is 0 Å². The average Bonchev–Trinajstić information content (AvgIpc) is 3.88. The predicted molar refractivity (Wildman–Crippen MR) is 281 cm³/mol. The zero-order valence-corrected chi connectivity index (χ0v) is 44.5. The highest BCUT2D eigenvalue weighted by atomic mass is 16.5. The van der Waals surface area contributed by atoms with Crippen LogP contribution in [0.3, 0.4) is 0 Å². The van der Waals surface area contributed by atoms with Gasteiger partial charge in [0.2, 0.25) is 29.5 Å². The molecular formula is C51H78N10O18. The van der Waals surface area contributed by atoms with Gasteiger partial charge < -0.3 is 102 Å². The normalized spacial score (nSPS) is 17.3. The van der Waals surface area contributed by atoms with Crippen LogP contribution in [0.15, 0.2) is 42.5 Å². The number of aromatic amines is 1. The number of hydrogen-bond donors (Lipinski definition) is 17. The zero-order chi connectivity index (χ0) is 58.3. The third-order valence-electron chi connectivity index (χ3n) is 13.4. The molecule has 4 rings (SSSR count). The van der Waals surface area contributed by atoms with E-state index < -0.39 is 129 Å². The van der Waals surface area contributed by atoms with E-state index in [1.807, 2.05) is 24.3 Å². The number of amides is 6. The minimum absolute atomic E-state index is 0.123. The number of aliphatic hydroxyl groups is 10. The number of nitrogens with zero attached hydrogens (tertiary/aromatic N) is 3. The molecule has 3 aromatic rings. The number of rotatable bonds is 34. The van der Waals surface area contributed by atoms with E-state index in [9.17, 15) is 74.4 Å². The summed E-state index contributed by atoms with van der Waals surface area (Å²) in [5.41, 5.74) is 3.24. The molecule has 1 aliphatic heterocycles. The van der Waals surface area contributed by atoms with Gasteiger partial charge in [-0.05, 0) is 68.6 Å². The van der Waals surface area contributed by atoms with Crippen LogP contribution in [0.2, 0.25) is 0 Å². The standard InChI is InChI=1S/C51H78N10O18/c1-52-33(14-16-41(68)54-22-36(64)44(71)46(73)38(66)26-62)49(76)59-34(15-17-42(69)55-23-37(65)45(72)47(74)39(67)27-63)48(75)53-18-8-4-5-9-19-61-24-29-20-28(12-13-30(29)56-35(51(61)78)21-43(70)79-3)50(77)60(2)25-40-57-31-10-6-7-11-32(31)58-40/h6-7,10-13,20,33-39,44-47,52,56,62-67,71-74H,4-5,8-9,14-19,21-27H2,1-3H3,(H,53,75)(H,54,68)(H,55,69)(H,57,58)(H,59,76)/t33-,34-,35-,36-,37+,38+,39-,44+,45-,46+,47-/m0/s1. The Morgan fingerprint density at radius 2 is 1.34 bits per heavy atom. The molecule has 2 aromatic carbocycles. The summed E-state index contributed by atoms with van der Waals surface area (Å²) in [4.78, 5) is 104. The summed E-state index contributed by atoms with van der Waals surface area (Å²) in [5.74, 6) is -3.45. The molecule has 0 saturated carbocycles. The Labute approximate surface area is 455 Å².